The molecule has 0 heterocycles. The van der Waals surface area contributed by atoms with Crippen molar-refractivity contribution < 1.29 is 26.5 Å². The second-order valence-electron chi connectivity index (χ2n) is 0.699. The number of halogens is 4. The Kier molecular flexibility index (Phi) is 8.76. The van der Waals surface area contributed by atoms with Gasteiger partial charge in [0.25, 0.3) is 3.98 Å². The quantitative estimate of drug-likeness (QED) is 0.498. The minimum Gasteiger partial charge on any atom is -0.318 e. The van der Waals surface area contributed by atoms with Crippen molar-refractivity contribution in [3.63, 3.8) is 0 Å². The Morgan fingerprint density at radius 3 is 1.62 bits per heavy atom. The first-order valence-corrected chi connectivity index (χ1v) is 3.00. The molecule has 0 aromatic carbocycles. The summed E-state index contributed by atoms with van der Waals surface area (Å²) >= 11 is 20.2. The molecule has 0 radical (unpaired) electrons. The molecule has 0 bridgehead atoms. The van der Waals surface area contributed by atoms with Gasteiger partial charge in [0.05, 0.1) is 0 Å². The maximum Gasteiger partial charge on any atom is 0.298 e. The predicted octanol–water partition coefficient (Wildman–Crippen LogP) is 2.52. The van der Waals surface area contributed by atoms with Gasteiger partial charge in [-0.3, -0.25) is 0 Å². The summed E-state index contributed by atoms with van der Waals surface area (Å²) in [6.07, 6.45) is 0. The molecule has 0 saturated heterocycles. The largest absolute Gasteiger partial charge is 0.318 e. The van der Waals surface area contributed by atoms with Crippen molar-refractivity contribution in [2.24, 2.45) is 0 Å². The SMILES string of the molecule is ClCOC(Cl)(Cl)Cl.[Ti]. The summed E-state index contributed by atoms with van der Waals surface area (Å²) in [5, 5.41) is 0. The summed E-state index contributed by atoms with van der Waals surface area (Å²) in [6, 6.07) is -0.115. The molecule has 0 aromatic heterocycles. The molecule has 6 heteroatoms. The topological polar surface area (TPSA) is 9.23 Å². The fourth-order valence-electron chi connectivity index (χ4n) is 0.0619. The zero-order chi connectivity index (χ0) is 5.91. The maximum atomic E-state index is 5.06. The normalized spacial score (nSPS) is 10.5. The van der Waals surface area contributed by atoms with E-state index < -0.39 is 3.98 Å². The van der Waals surface area contributed by atoms with Gasteiger partial charge in [-0.25, -0.2) is 0 Å². The minimum atomic E-state index is -1.66. The van der Waals surface area contributed by atoms with Crippen LogP contribution in [-0.4, -0.2) is 10.0 Å². The molecule has 0 atom stereocenters. The van der Waals surface area contributed by atoms with Gasteiger partial charge in [0.15, 0.2) is 0 Å². The Balaban J connectivity index is 0. The molecule has 0 N–H and O–H groups in total. The first kappa shape index (κ1) is 12.5. The van der Waals surface area contributed by atoms with Crippen molar-refractivity contribution in [1.82, 2.24) is 0 Å². The molecular formula is C2H2Cl4OTi. The summed E-state index contributed by atoms with van der Waals surface area (Å²) in [5.74, 6) is 0. The van der Waals surface area contributed by atoms with Crippen molar-refractivity contribution in [1.29, 1.82) is 0 Å². The fourth-order valence-corrected chi connectivity index (χ4v) is 0.557. The zero-order valence-corrected chi connectivity index (χ0v) is 8.21. The molecule has 48 valence electrons. The number of ether oxygens (including phenoxy) is 1. The van der Waals surface area contributed by atoms with E-state index in [4.69, 9.17) is 46.4 Å². The molecule has 0 aromatic rings. The van der Waals surface area contributed by atoms with Crippen LogP contribution in [-0.2, 0) is 26.5 Å². The van der Waals surface area contributed by atoms with Gasteiger partial charge in [0.1, 0.15) is 6.07 Å². The maximum absolute atomic E-state index is 5.06. The van der Waals surface area contributed by atoms with Crippen molar-refractivity contribution in [3.8, 4) is 0 Å². The van der Waals surface area contributed by atoms with Crippen LogP contribution >= 0.6 is 46.4 Å². The first-order chi connectivity index (χ1) is 3.06. The van der Waals surface area contributed by atoms with Crippen molar-refractivity contribution >= 4 is 46.4 Å². The van der Waals surface area contributed by atoms with Crippen LogP contribution in [0.4, 0.5) is 0 Å². The molecule has 0 aliphatic carbocycles. The summed E-state index contributed by atoms with van der Waals surface area (Å²) in [5.41, 5.74) is 0. The van der Waals surface area contributed by atoms with Gasteiger partial charge in [0.2, 0.25) is 0 Å². The third kappa shape index (κ3) is 10.8. The minimum absolute atomic E-state index is 0. The van der Waals surface area contributed by atoms with E-state index in [-0.39, 0.29) is 27.8 Å². The molecular weight excluding hydrogens is 230 g/mol. The molecule has 0 fully saturated rings. The van der Waals surface area contributed by atoms with E-state index in [2.05, 4.69) is 4.74 Å². The second-order valence-corrected chi connectivity index (χ2v) is 3.09. The van der Waals surface area contributed by atoms with Crippen molar-refractivity contribution in [2.45, 2.75) is 3.98 Å². The third-order valence-electron chi connectivity index (χ3n) is 0.218. The first-order valence-electron chi connectivity index (χ1n) is 1.33. The van der Waals surface area contributed by atoms with Crippen molar-refractivity contribution in [2.75, 3.05) is 6.07 Å². The second kappa shape index (κ2) is 5.61. The van der Waals surface area contributed by atoms with E-state index in [1.54, 1.807) is 0 Å². The summed E-state index contributed by atoms with van der Waals surface area (Å²) in [7, 11) is 0. The van der Waals surface area contributed by atoms with E-state index in [1.807, 2.05) is 0 Å². The van der Waals surface area contributed by atoms with Crippen LogP contribution < -0.4 is 0 Å². The fraction of sp³-hybridized carbons (Fsp3) is 1.00. The number of hydrogen-bond acceptors (Lipinski definition) is 1. The van der Waals surface area contributed by atoms with E-state index in [0.29, 0.717) is 0 Å². The Bertz CT molecular complexity index is 52.5. The molecule has 0 amide bonds. The summed E-state index contributed by atoms with van der Waals surface area (Å²) in [6.45, 7) is 0. The number of hydrogen-bond donors (Lipinski definition) is 0. The molecule has 0 rings (SSSR count). The molecule has 0 aliphatic heterocycles. The summed E-state index contributed by atoms with van der Waals surface area (Å²) in [4.78, 5) is 0. The van der Waals surface area contributed by atoms with Crippen LogP contribution in [0.2, 0.25) is 0 Å². The summed E-state index contributed by atoms with van der Waals surface area (Å²) < 4.78 is 2.63. The van der Waals surface area contributed by atoms with E-state index >= 15 is 0 Å². The van der Waals surface area contributed by atoms with E-state index in [1.165, 1.54) is 0 Å². The van der Waals surface area contributed by atoms with Crippen LogP contribution in [0.1, 0.15) is 0 Å². The van der Waals surface area contributed by atoms with Crippen LogP contribution in [0, 0.1) is 0 Å². The Morgan fingerprint density at radius 1 is 1.25 bits per heavy atom. The molecule has 0 unspecified atom stereocenters. The number of alkyl halides is 4. The van der Waals surface area contributed by atoms with Gasteiger partial charge in [-0.2, -0.15) is 0 Å². The Morgan fingerprint density at radius 2 is 1.62 bits per heavy atom. The number of rotatable bonds is 1. The third-order valence-corrected chi connectivity index (χ3v) is 0.655. The van der Waals surface area contributed by atoms with E-state index in [0.717, 1.165) is 0 Å². The average Bonchev–Trinajstić information content (AvgIpc) is 1.30. The molecule has 0 spiro atoms. The van der Waals surface area contributed by atoms with Gasteiger partial charge in [-0.1, -0.05) is 46.4 Å². The van der Waals surface area contributed by atoms with Crippen LogP contribution in [0.25, 0.3) is 0 Å². The smallest absolute Gasteiger partial charge is 0.298 e. The van der Waals surface area contributed by atoms with Gasteiger partial charge in [-0.15, -0.1) is 0 Å². The van der Waals surface area contributed by atoms with Gasteiger partial charge in [0, 0.05) is 21.7 Å². The average molecular weight is 232 g/mol. The van der Waals surface area contributed by atoms with Gasteiger partial charge < -0.3 is 4.74 Å². The standard InChI is InChI=1S/C2H2Cl4O.Ti/c3-1-7-2(4,5)6;/h1H2;. The Hall–Kier alpha value is 1.83. The van der Waals surface area contributed by atoms with Gasteiger partial charge in [-0.05, 0) is 0 Å². The zero-order valence-electron chi connectivity index (χ0n) is 3.63. The van der Waals surface area contributed by atoms with Crippen LogP contribution in [0.3, 0.4) is 0 Å². The monoisotopic (exact) mass is 230 g/mol. The van der Waals surface area contributed by atoms with Crippen LogP contribution in [0.15, 0.2) is 0 Å². The van der Waals surface area contributed by atoms with E-state index in [9.17, 15) is 0 Å². The Labute approximate surface area is 82.4 Å². The van der Waals surface area contributed by atoms with Crippen LogP contribution in [0.5, 0.6) is 0 Å². The molecule has 8 heavy (non-hydrogen) atoms. The predicted molar refractivity (Wildman–Crippen MR) is 32.1 cm³/mol. The van der Waals surface area contributed by atoms with Gasteiger partial charge >= 0.3 is 0 Å². The van der Waals surface area contributed by atoms with Crippen molar-refractivity contribution in [3.05, 3.63) is 0 Å². The molecule has 0 saturated carbocycles. The molecule has 0 aliphatic rings. The molecule has 1 nitrogen and oxygen atoms in total.